The number of aryl methyl sites for hydroxylation is 1. The maximum Gasteiger partial charge on any atom is 0.129 e. The van der Waals surface area contributed by atoms with E-state index in [1.807, 2.05) is 12.1 Å². The van der Waals surface area contributed by atoms with Gasteiger partial charge in [-0.15, -0.1) is 11.3 Å². The van der Waals surface area contributed by atoms with Crippen LogP contribution in [0.1, 0.15) is 28.3 Å². The third-order valence-corrected chi connectivity index (χ3v) is 3.78. The van der Waals surface area contributed by atoms with Crippen LogP contribution in [0.3, 0.4) is 0 Å². The summed E-state index contributed by atoms with van der Waals surface area (Å²) in [5, 5.41) is 10.1. The van der Waals surface area contributed by atoms with Gasteiger partial charge in [0, 0.05) is 15.3 Å². The van der Waals surface area contributed by atoms with Crippen LogP contribution in [0.2, 0.25) is 0 Å². The Hall–Kier alpha value is -1.19. The number of hydrogen-bond donors (Lipinski definition) is 1. The van der Waals surface area contributed by atoms with E-state index in [1.54, 1.807) is 18.2 Å². The lowest BCUT2D eigenvalue weighted by Gasteiger charge is -2.09. The highest BCUT2D eigenvalue weighted by atomic mass is 32.1. The van der Waals surface area contributed by atoms with Crippen molar-refractivity contribution in [1.29, 1.82) is 0 Å². The number of rotatable bonds is 3. The van der Waals surface area contributed by atoms with Crippen molar-refractivity contribution in [3.8, 4) is 0 Å². The molecule has 1 aromatic carbocycles. The van der Waals surface area contributed by atoms with Crippen LogP contribution in [0.5, 0.6) is 0 Å². The molecule has 1 N–H and O–H groups in total. The summed E-state index contributed by atoms with van der Waals surface area (Å²) in [4.78, 5) is 1.99. The van der Waals surface area contributed by atoms with Gasteiger partial charge in [-0.3, -0.25) is 0 Å². The Morgan fingerprint density at radius 3 is 2.62 bits per heavy atom. The molecule has 1 heterocycles. The normalized spacial score (nSPS) is 12.7. The van der Waals surface area contributed by atoms with Crippen LogP contribution in [0.15, 0.2) is 36.4 Å². The Labute approximate surface area is 98.2 Å². The van der Waals surface area contributed by atoms with Crippen molar-refractivity contribution in [2.75, 3.05) is 0 Å². The van der Waals surface area contributed by atoms with Crippen LogP contribution < -0.4 is 0 Å². The van der Waals surface area contributed by atoms with E-state index in [4.69, 9.17) is 0 Å². The van der Waals surface area contributed by atoms with Gasteiger partial charge < -0.3 is 5.11 Å². The molecular weight excluding hydrogens is 223 g/mol. The summed E-state index contributed by atoms with van der Waals surface area (Å²) in [5.41, 5.74) is 0.340. The summed E-state index contributed by atoms with van der Waals surface area (Å²) in [6.45, 7) is 2.06. The van der Waals surface area contributed by atoms with Gasteiger partial charge >= 0.3 is 0 Å². The zero-order chi connectivity index (χ0) is 11.5. The molecule has 0 spiro atoms. The molecule has 0 saturated carbocycles. The topological polar surface area (TPSA) is 20.2 Å². The fraction of sp³-hybridized carbons (Fsp3) is 0.231. The molecule has 1 nitrogen and oxygen atoms in total. The smallest absolute Gasteiger partial charge is 0.129 e. The molecule has 0 bridgehead atoms. The Bertz CT molecular complexity index is 478. The molecule has 16 heavy (non-hydrogen) atoms. The van der Waals surface area contributed by atoms with Crippen molar-refractivity contribution in [2.24, 2.45) is 0 Å². The molecule has 0 saturated heterocycles. The van der Waals surface area contributed by atoms with Gasteiger partial charge in [-0.05, 0) is 24.6 Å². The molecule has 2 aromatic rings. The van der Waals surface area contributed by atoms with E-state index in [2.05, 4.69) is 6.92 Å². The number of thiophene rings is 1. The Morgan fingerprint density at radius 1 is 1.25 bits per heavy atom. The second kappa shape index (κ2) is 4.76. The van der Waals surface area contributed by atoms with Crippen LogP contribution >= 0.6 is 11.3 Å². The quantitative estimate of drug-likeness (QED) is 0.864. The summed E-state index contributed by atoms with van der Waals surface area (Å²) >= 11 is 1.53. The third kappa shape index (κ3) is 2.15. The van der Waals surface area contributed by atoms with E-state index in [-0.39, 0.29) is 5.82 Å². The van der Waals surface area contributed by atoms with Gasteiger partial charge in [0.05, 0.1) is 0 Å². The fourth-order valence-corrected chi connectivity index (χ4v) is 2.54. The molecular formula is C13H13FOS. The fourth-order valence-electron chi connectivity index (χ4n) is 1.58. The van der Waals surface area contributed by atoms with E-state index in [0.29, 0.717) is 5.56 Å². The van der Waals surface area contributed by atoms with Crippen LogP contribution in [0, 0.1) is 5.82 Å². The lowest BCUT2D eigenvalue weighted by atomic mass is 10.1. The molecule has 84 valence electrons. The summed E-state index contributed by atoms with van der Waals surface area (Å²) in [6, 6.07) is 10.2. The molecule has 0 aliphatic heterocycles. The standard InChI is InChI=1S/C13H13FOS/c1-2-9-7-8-12(16-9)13(15)10-5-3-4-6-11(10)14/h3-8,13,15H,2H2,1H3. The molecule has 0 aliphatic rings. The summed E-state index contributed by atoms with van der Waals surface area (Å²) in [6.07, 6.45) is 0.0841. The number of halogens is 1. The second-order valence-electron chi connectivity index (χ2n) is 3.58. The number of aliphatic hydroxyl groups is 1. The number of benzene rings is 1. The van der Waals surface area contributed by atoms with E-state index in [1.165, 1.54) is 22.3 Å². The predicted octanol–water partition coefficient (Wildman–Crippen LogP) is 3.53. The van der Waals surface area contributed by atoms with Crippen molar-refractivity contribution >= 4 is 11.3 Å². The lowest BCUT2D eigenvalue weighted by Crippen LogP contribution is -1.99. The monoisotopic (exact) mass is 236 g/mol. The first-order valence-corrected chi connectivity index (χ1v) is 6.05. The van der Waals surface area contributed by atoms with Gasteiger partial charge in [-0.1, -0.05) is 25.1 Å². The highest BCUT2D eigenvalue weighted by Crippen LogP contribution is 2.29. The first kappa shape index (κ1) is 11.3. The van der Waals surface area contributed by atoms with Crippen molar-refractivity contribution in [3.63, 3.8) is 0 Å². The summed E-state index contributed by atoms with van der Waals surface area (Å²) in [7, 11) is 0. The van der Waals surface area contributed by atoms with Crippen LogP contribution in [0.4, 0.5) is 4.39 Å². The minimum absolute atomic E-state index is 0.340. The predicted molar refractivity (Wildman–Crippen MR) is 64.2 cm³/mol. The van der Waals surface area contributed by atoms with Gasteiger partial charge in [0.2, 0.25) is 0 Å². The second-order valence-corrected chi connectivity index (χ2v) is 4.78. The molecule has 2 rings (SSSR count). The molecule has 3 heteroatoms. The zero-order valence-corrected chi connectivity index (χ0v) is 9.80. The van der Waals surface area contributed by atoms with Gasteiger partial charge in [-0.2, -0.15) is 0 Å². The van der Waals surface area contributed by atoms with Crippen molar-refractivity contribution in [3.05, 3.63) is 57.5 Å². The highest BCUT2D eigenvalue weighted by molar-refractivity contribution is 7.12. The van der Waals surface area contributed by atoms with Crippen LogP contribution in [0.25, 0.3) is 0 Å². The van der Waals surface area contributed by atoms with Crippen LogP contribution in [-0.4, -0.2) is 5.11 Å². The average Bonchev–Trinajstić information content (AvgIpc) is 2.77. The van der Waals surface area contributed by atoms with E-state index in [0.717, 1.165) is 11.3 Å². The molecule has 0 fully saturated rings. The summed E-state index contributed by atoms with van der Waals surface area (Å²) in [5.74, 6) is -0.360. The maximum atomic E-state index is 13.5. The highest BCUT2D eigenvalue weighted by Gasteiger charge is 2.15. The first-order chi connectivity index (χ1) is 7.72. The molecule has 1 atom stereocenters. The van der Waals surface area contributed by atoms with Gasteiger partial charge in [-0.25, -0.2) is 4.39 Å². The van der Waals surface area contributed by atoms with Gasteiger partial charge in [0.25, 0.3) is 0 Å². The number of hydrogen-bond acceptors (Lipinski definition) is 2. The average molecular weight is 236 g/mol. The number of aliphatic hydroxyl groups excluding tert-OH is 1. The van der Waals surface area contributed by atoms with E-state index in [9.17, 15) is 9.50 Å². The minimum Gasteiger partial charge on any atom is -0.383 e. The molecule has 0 aliphatic carbocycles. The molecule has 0 radical (unpaired) electrons. The zero-order valence-electron chi connectivity index (χ0n) is 8.98. The van der Waals surface area contributed by atoms with Crippen molar-refractivity contribution in [2.45, 2.75) is 19.4 Å². The minimum atomic E-state index is -0.855. The van der Waals surface area contributed by atoms with Gasteiger partial charge in [0.1, 0.15) is 11.9 Å². The SMILES string of the molecule is CCc1ccc(C(O)c2ccccc2F)s1. The van der Waals surface area contributed by atoms with Gasteiger partial charge in [0.15, 0.2) is 0 Å². The van der Waals surface area contributed by atoms with Crippen LogP contribution in [-0.2, 0) is 6.42 Å². The Morgan fingerprint density at radius 2 is 2.00 bits per heavy atom. The summed E-state index contributed by atoms with van der Waals surface area (Å²) < 4.78 is 13.5. The molecule has 1 aromatic heterocycles. The Kier molecular flexibility index (Phi) is 3.36. The maximum absolute atomic E-state index is 13.5. The third-order valence-electron chi connectivity index (χ3n) is 2.50. The lowest BCUT2D eigenvalue weighted by molar-refractivity contribution is 0.219. The first-order valence-electron chi connectivity index (χ1n) is 5.23. The molecule has 1 unspecified atom stereocenters. The Balaban J connectivity index is 2.31. The van der Waals surface area contributed by atoms with E-state index >= 15 is 0 Å². The van der Waals surface area contributed by atoms with Crippen molar-refractivity contribution < 1.29 is 9.50 Å². The van der Waals surface area contributed by atoms with Crippen molar-refractivity contribution in [1.82, 2.24) is 0 Å². The largest absolute Gasteiger partial charge is 0.383 e. The van der Waals surface area contributed by atoms with E-state index < -0.39 is 6.10 Å². The molecule has 0 amide bonds.